The lowest BCUT2D eigenvalue weighted by molar-refractivity contribution is -0.120. The molecular formula is C19H26N2O6S. The summed E-state index contributed by atoms with van der Waals surface area (Å²) in [5.74, 6) is 1.17. The molecule has 1 saturated heterocycles. The number of carbonyl (C=O) groups is 1. The highest BCUT2D eigenvalue weighted by Crippen LogP contribution is 2.26. The third-order valence-corrected chi connectivity index (χ3v) is 7.90. The van der Waals surface area contributed by atoms with Crippen LogP contribution in [0, 0.1) is 12.8 Å². The van der Waals surface area contributed by atoms with Gasteiger partial charge in [-0.05, 0) is 32.6 Å². The molecule has 154 valence electrons. The molecule has 2 aromatic rings. The predicted octanol–water partition coefficient (Wildman–Crippen LogP) is 2.29. The minimum absolute atomic E-state index is 0.00159. The zero-order valence-electron chi connectivity index (χ0n) is 16.4. The Morgan fingerprint density at radius 1 is 1.25 bits per heavy atom. The number of oxazole rings is 1. The highest BCUT2D eigenvalue weighted by Gasteiger charge is 2.42. The van der Waals surface area contributed by atoms with E-state index in [0.717, 1.165) is 0 Å². The number of aryl methyl sites for hydroxylation is 1. The molecule has 3 heterocycles. The number of sulfone groups is 1. The van der Waals surface area contributed by atoms with Crippen LogP contribution in [0.25, 0.3) is 0 Å². The molecule has 3 rings (SSSR count). The molecule has 1 aliphatic rings. The number of hydrogen-bond donors (Lipinski definition) is 0. The summed E-state index contributed by atoms with van der Waals surface area (Å²) in [4.78, 5) is 16.8. The Kier molecular flexibility index (Phi) is 6.04. The van der Waals surface area contributed by atoms with Crippen molar-refractivity contribution in [2.24, 2.45) is 5.92 Å². The van der Waals surface area contributed by atoms with Crippen molar-refractivity contribution in [3.8, 4) is 0 Å². The molecule has 0 amide bonds. The van der Waals surface area contributed by atoms with Crippen molar-refractivity contribution >= 4 is 15.6 Å². The van der Waals surface area contributed by atoms with Crippen LogP contribution in [-0.2, 0) is 32.2 Å². The predicted molar refractivity (Wildman–Crippen MR) is 101 cm³/mol. The van der Waals surface area contributed by atoms with Gasteiger partial charge in [-0.25, -0.2) is 13.4 Å². The van der Waals surface area contributed by atoms with Gasteiger partial charge in [-0.15, -0.1) is 0 Å². The third kappa shape index (κ3) is 4.70. The van der Waals surface area contributed by atoms with E-state index in [1.54, 1.807) is 19.2 Å². The van der Waals surface area contributed by atoms with Gasteiger partial charge >= 0.3 is 0 Å². The molecule has 0 aliphatic carbocycles. The van der Waals surface area contributed by atoms with Crippen LogP contribution in [0.4, 0.5) is 0 Å². The minimum atomic E-state index is -3.61. The molecule has 0 N–H and O–H groups in total. The second-order valence-corrected chi connectivity index (χ2v) is 10.3. The molecule has 0 aromatic carbocycles. The largest absolute Gasteiger partial charge is 0.446 e. The highest BCUT2D eigenvalue weighted by atomic mass is 32.2. The lowest BCUT2D eigenvalue weighted by Gasteiger charge is -2.28. The molecular weight excluding hydrogens is 384 g/mol. The van der Waals surface area contributed by atoms with Crippen LogP contribution in [0.2, 0.25) is 0 Å². The van der Waals surface area contributed by atoms with E-state index in [1.807, 2.05) is 0 Å². The van der Waals surface area contributed by atoms with Crippen LogP contribution in [0.5, 0.6) is 0 Å². The van der Waals surface area contributed by atoms with Gasteiger partial charge in [0.1, 0.15) is 16.3 Å². The first kappa shape index (κ1) is 20.7. The fourth-order valence-corrected chi connectivity index (χ4v) is 4.95. The second-order valence-electron chi connectivity index (χ2n) is 7.75. The first-order chi connectivity index (χ1) is 13.2. The topological polar surface area (TPSA) is 112 Å². The number of Topliss-reactive ketones (excluding diaryl/α,β-unsaturated/α-hetero) is 1. The number of carbonyl (C=O) groups excluding carboxylic acids is 1. The van der Waals surface area contributed by atoms with E-state index in [9.17, 15) is 13.2 Å². The van der Waals surface area contributed by atoms with Gasteiger partial charge in [-0.3, -0.25) is 4.79 Å². The summed E-state index contributed by atoms with van der Waals surface area (Å²) >= 11 is 0. The van der Waals surface area contributed by atoms with Gasteiger partial charge in [0.2, 0.25) is 0 Å². The lowest BCUT2D eigenvalue weighted by atomic mass is 10.0. The van der Waals surface area contributed by atoms with E-state index < -0.39 is 20.4 Å². The van der Waals surface area contributed by atoms with Gasteiger partial charge in [0.25, 0.3) is 0 Å². The van der Waals surface area contributed by atoms with Crippen molar-refractivity contribution in [3.63, 3.8) is 0 Å². The molecule has 2 aromatic heterocycles. The Morgan fingerprint density at radius 2 is 1.96 bits per heavy atom. The zero-order chi connectivity index (χ0) is 20.4. The summed E-state index contributed by atoms with van der Waals surface area (Å²) in [6.07, 6.45) is 3.29. The molecule has 0 bridgehead atoms. The average molecular weight is 410 g/mol. The van der Waals surface area contributed by atoms with Crippen molar-refractivity contribution < 1.29 is 26.9 Å². The molecule has 28 heavy (non-hydrogen) atoms. The Balaban J connectivity index is 1.63. The smallest absolute Gasteiger partial charge is 0.191 e. The Hall–Kier alpha value is -2.00. The standard InChI is InChI=1S/C19H26N2O6S/c1-13-20-11-17(26-13)9-15-8-16(27-21-15)10-18(22)19(2,3)28(23,24)12-14-4-6-25-7-5-14/h8,11,14H,4-7,9-10,12H2,1-3H3. The molecule has 0 spiro atoms. The normalized spacial score (nSPS) is 16.4. The summed E-state index contributed by atoms with van der Waals surface area (Å²) in [6, 6.07) is 1.65. The maximum atomic E-state index is 12.9. The number of ketones is 1. The van der Waals surface area contributed by atoms with E-state index in [0.29, 0.717) is 55.6 Å². The molecule has 9 heteroatoms. The molecule has 0 radical (unpaired) electrons. The summed E-state index contributed by atoms with van der Waals surface area (Å²) in [5, 5.41) is 3.93. The van der Waals surface area contributed by atoms with Crippen LogP contribution in [0.1, 0.15) is 49.8 Å². The SMILES string of the molecule is Cc1ncc(Cc2cc(CC(=O)C(C)(C)S(=O)(=O)CC3CCOCC3)on2)o1. The maximum Gasteiger partial charge on any atom is 0.191 e. The van der Waals surface area contributed by atoms with Crippen molar-refractivity contribution in [1.82, 2.24) is 10.1 Å². The highest BCUT2D eigenvalue weighted by molar-refractivity contribution is 7.93. The monoisotopic (exact) mass is 410 g/mol. The minimum Gasteiger partial charge on any atom is -0.446 e. The number of ether oxygens (including phenoxy) is 1. The number of rotatable bonds is 8. The number of aromatic nitrogens is 2. The van der Waals surface area contributed by atoms with Crippen LogP contribution in [0.15, 0.2) is 21.2 Å². The summed E-state index contributed by atoms with van der Waals surface area (Å²) < 4.78 is 40.2. The first-order valence-electron chi connectivity index (χ1n) is 9.36. The molecule has 8 nitrogen and oxygen atoms in total. The first-order valence-corrected chi connectivity index (χ1v) is 11.0. The van der Waals surface area contributed by atoms with Crippen molar-refractivity contribution in [3.05, 3.63) is 35.4 Å². The van der Waals surface area contributed by atoms with Gasteiger partial charge in [-0.2, -0.15) is 0 Å². The second kappa shape index (κ2) is 8.16. The Labute approximate surface area is 164 Å². The van der Waals surface area contributed by atoms with Crippen LogP contribution >= 0.6 is 0 Å². The average Bonchev–Trinajstić information content (AvgIpc) is 3.24. The molecule has 0 saturated carbocycles. The lowest BCUT2D eigenvalue weighted by Crippen LogP contribution is -2.44. The fourth-order valence-electron chi connectivity index (χ4n) is 3.16. The van der Waals surface area contributed by atoms with E-state index >= 15 is 0 Å². The quantitative estimate of drug-likeness (QED) is 0.651. The Morgan fingerprint density at radius 3 is 2.61 bits per heavy atom. The van der Waals surface area contributed by atoms with Crippen LogP contribution < -0.4 is 0 Å². The molecule has 1 fully saturated rings. The van der Waals surface area contributed by atoms with Gasteiger partial charge in [0, 0.05) is 26.2 Å². The van der Waals surface area contributed by atoms with Gasteiger partial charge < -0.3 is 13.7 Å². The number of hydrogen-bond acceptors (Lipinski definition) is 8. The van der Waals surface area contributed by atoms with Gasteiger partial charge in [0.05, 0.1) is 30.5 Å². The van der Waals surface area contributed by atoms with E-state index in [1.165, 1.54) is 13.8 Å². The van der Waals surface area contributed by atoms with Crippen molar-refractivity contribution in [2.75, 3.05) is 19.0 Å². The summed E-state index contributed by atoms with van der Waals surface area (Å²) in [7, 11) is -3.61. The van der Waals surface area contributed by atoms with Crippen LogP contribution in [-0.4, -0.2) is 48.1 Å². The maximum absolute atomic E-state index is 12.9. The summed E-state index contributed by atoms with van der Waals surface area (Å²) in [6.45, 7) is 5.83. The summed E-state index contributed by atoms with van der Waals surface area (Å²) in [5.41, 5.74) is 0.599. The van der Waals surface area contributed by atoms with Crippen LogP contribution in [0.3, 0.4) is 0 Å². The van der Waals surface area contributed by atoms with Crippen molar-refractivity contribution in [1.29, 1.82) is 0 Å². The van der Waals surface area contributed by atoms with Gasteiger partial charge in [-0.1, -0.05) is 5.16 Å². The van der Waals surface area contributed by atoms with E-state index in [2.05, 4.69) is 10.1 Å². The zero-order valence-corrected chi connectivity index (χ0v) is 17.3. The van der Waals surface area contributed by atoms with Crippen molar-refractivity contribution in [2.45, 2.75) is 51.2 Å². The third-order valence-electron chi connectivity index (χ3n) is 5.21. The Bertz CT molecular complexity index is 922. The molecule has 1 aliphatic heterocycles. The molecule has 0 unspecified atom stereocenters. The van der Waals surface area contributed by atoms with E-state index in [4.69, 9.17) is 13.7 Å². The number of nitrogens with zero attached hydrogens (tertiary/aromatic N) is 2. The van der Waals surface area contributed by atoms with Gasteiger partial charge in [0.15, 0.2) is 21.5 Å². The molecule has 0 atom stereocenters. The fraction of sp³-hybridized carbons (Fsp3) is 0.632. The van der Waals surface area contributed by atoms with E-state index in [-0.39, 0.29) is 18.1 Å².